The van der Waals surface area contributed by atoms with Crippen molar-refractivity contribution in [2.45, 2.75) is 208 Å². The predicted molar refractivity (Wildman–Crippen MR) is 272 cm³/mol. The smallest absolute Gasteiger partial charge is 0.322 e. The van der Waals surface area contributed by atoms with Gasteiger partial charge in [0.05, 0.1) is 12.7 Å². The standard InChI is InChI=1S/C57H84N2O16/c1-31(60)68-30-43-48(71-34(4)63)49(72-35(5)64)50(73-36(6)65)52(74-43)75-57(12,22-16-26-58-41(51(66)67-13)27-37-29-59-40-18-15-14-17-38(37)40)39-19-24-56(11)47(39)42(69-32(2)61)28-45-54(9)23-21-46(70-33(3)62)53(7,8)44(54)20-25-55(45,56)10/h14-15,17-18,37,39,41-50,52,58-59H,16,19-30H2,1-13H3/t37?,39?,41-,42?,43+,44?,45?,46-,47-,48+,49-,50+,52+,54-,55+,56+,57-/m0/s1. The van der Waals surface area contributed by atoms with E-state index in [1.54, 1.807) is 0 Å². The van der Waals surface area contributed by atoms with Crippen LogP contribution < -0.4 is 10.6 Å². The van der Waals surface area contributed by atoms with Crippen LogP contribution in [-0.4, -0.2) is 123 Å². The fourth-order valence-electron chi connectivity index (χ4n) is 16.0. The summed E-state index contributed by atoms with van der Waals surface area (Å²) in [5, 5.41) is 6.95. The van der Waals surface area contributed by atoms with E-state index < -0.39 is 90.3 Å². The number of para-hydroxylation sites is 1. The summed E-state index contributed by atoms with van der Waals surface area (Å²) in [6.45, 7) is 21.9. The largest absolute Gasteiger partial charge is 0.468 e. The Balaban J connectivity index is 1.28. The number of anilines is 1. The van der Waals surface area contributed by atoms with Gasteiger partial charge in [-0.15, -0.1) is 0 Å². The first-order valence-electron chi connectivity index (χ1n) is 27.2. The minimum absolute atomic E-state index is 0.0622. The Hall–Kier alpha value is -4.81. The third kappa shape index (κ3) is 11.6. The minimum Gasteiger partial charge on any atom is -0.468 e. The van der Waals surface area contributed by atoms with Crippen molar-refractivity contribution in [3.63, 3.8) is 0 Å². The number of rotatable bonds is 18. The molecule has 1 saturated heterocycles. The number of hydrogen-bond donors (Lipinski definition) is 2. The van der Waals surface area contributed by atoms with E-state index in [2.05, 4.69) is 51.3 Å². The molecule has 0 radical (unpaired) electrons. The molecule has 0 bridgehead atoms. The Labute approximate surface area is 442 Å². The van der Waals surface area contributed by atoms with E-state index in [0.717, 1.165) is 43.4 Å². The number of hydrogen-bond acceptors (Lipinski definition) is 18. The normalized spacial score (nSPS) is 36.5. The van der Waals surface area contributed by atoms with Gasteiger partial charge >= 0.3 is 41.8 Å². The second kappa shape index (κ2) is 22.6. The van der Waals surface area contributed by atoms with Crippen molar-refractivity contribution in [1.29, 1.82) is 0 Å². The van der Waals surface area contributed by atoms with E-state index in [-0.39, 0.29) is 63.9 Å². The third-order valence-electron chi connectivity index (χ3n) is 19.2. The molecule has 2 aliphatic heterocycles. The van der Waals surface area contributed by atoms with E-state index >= 15 is 0 Å². The summed E-state index contributed by atoms with van der Waals surface area (Å²) in [7, 11) is 1.38. The van der Waals surface area contributed by atoms with Crippen LogP contribution in [0.15, 0.2) is 24.3 Å². The van der Waals surface area contributed by atoms with Gasteiger partial charge in [0, 0.05) is 71.0 Å². The first-order chi connectivity index (χ1) is 35.2. The maximum absolute atomic E-state index is 13.5. The summed E-state index contributed by atoms with van der Waals surface area (Å²) in [5.41, 5.74) is -0.135. The molecule has 17 atom stereocenters. The van der Waals surface area contributed by atoms with Crippen molar-refractivity contribution in [2.75, 3.05) is 32.1 Å². The summed E-state index contributed by atoms with van der Waals surface area (Å²) in [6.07, 6.45) is -1.05. The van der Waals surface area contributed by atoms with Crippen LogP contribution in [0.4, 0.5) is 5.69 Å². The van der Waals surface area contributed by atoms with Crippen molar-refractivity contribution in [2.24, 2.45) is 45.3 Å². The van der Waals surface area contributed by atoms with Crippen LogP contribution in [0.3, 0.4) is 0 Å². The van der Waals surface area contributed by atoms with Gasteiger partial charge in [-0.25, -0.2) is 0 Å². The van der Waals surface area contributed by atoms with Crippen molar-refractivity contribution < 1.29 is 76.2 Å². The molecular weight excluding hydrogens is 969 g/mol. The lowest BCUT2D eigenvalue weighted by molar-refractivity contribution is -0.339. The molecule has 4 aliphatic carbocycles. The second-order valence-corrected chi connectivity index (χ2v) is 24.0. The highest BCUT2D eigenvalue weighted by Gasteiger charge is 2.73. The summed E-state index contributed by atoms with van der Waals surface area (Å²) < 4.78 is 54.9. The molecule has 5 unspecified atom stereocenters. The molecule has 2 N–H and O–H groups in total. The summed E-state index contributed by atoms with van der Waals surface area (Å²) >= 11 is 0. The highest BCUT2D eigenvalue weighted by atomic mass is 16.7. The maximum Gasteiger partial charge on any atom is 0.322 e. The predicted octanol–water partition coefficient (Wildman–Crippen LogP) is 7.51. The number of nitrogens with one attached hydrogen (secondary N) is 2. The molecule has 75 heavy (non-hydrogen) atoms. The Bertz CT molecular complexity index is 2310. The second-order valence-electron chi connectivity index (χ2n) is 24.0. The van der Waals surface area contributed by atoms with Gasteiger partial charge in [-0.3, -0.25) is 33.6 Å². The zero-order valence-corrected chi connectivity index (χ0v) is 46.5. The lowest BCUT2D eigenvalue weighted by Gasteiger charge is -2.70. The molecule has 1 aromatic rings. The number of methoxy groups -OCH3 is 1. The maximum atomic E-state index is 13.5. The van der Waals surface area contributed by atoms with Crippen LogP contribution in [0, 0.1) is 45.3 Å². The number of esters is 7. The first kappa shape index (κ1) is 57.9. The van der Waals surface area contributed by atoms with E-state index in [1.807, 2.05) is 25.1 Å². The van der Waals surface area contributed by atoms with Gasteiger partial charge in [-0.1, -0.05) is 52.8 Å². The Morgan fingerprint density at radius 1 is 0.747 bits per heavy atom. The van der Waals surface area contributed by atoms with E-state index in [0.29, 0.717) is 45.2 Å². The van der Waals surface area contributed by atoms with Crippen molar-refractivity contribution in [3.05, 3.63) is 29.8 Å². The zero-order chi connectivity index (χ0) is 55.0. The molecule has 7 rings (SSSR count). The first-order valence-corrected chi connectivity index (χ1v) is 27.2. The lowest BCUT2D eigenvalue weighted by atomic mass is 9.35. The highest BCUT2D eigenvalue weighted by molar-refractivity contribution is 5.76. The molecule has 1 aromatic carbocycles. The van der Waals surface area contributed by atoms with E-state index in [1.165, 1.54) is 48.7 Å². The SMILES string of the molecule is COC(=O)[C@H](CC1CNc2ccccc21)NCCC[C@](C)(O[C@H]1O[C@H](COC(C)=O)[C@@H](OC(C)=O)[C@H](OC(C)=O)[C@H]1OC(C)=O)C1CC[C@]2(C)[C@@H]1C(OC(C)=O)CC1[C@@]3(C)CC[C@H](OC(C)=O)C(C)(C)C3CC[C@]12C. The fourth-order valence-corrected chi connectivity index (χ4v) is 16.0. The zero-order valence-electron chi connectivity index (χ0n) is 46.5. The quantitative estimate of drug-likeness (QED) is 0.0823. The van der Waals surface area contributed by atoms with Crippen LogP contribution >= 0.6 is 0 Å². The number of fused-ring (bicyclic) bond motifs is 6. The average Bonchev–Trinajstić information content (AvgIpc) is 3.92. The van der Waals surface area contributed by atoms with Gasteiger partial charge in [0.25, 0.3) is 0 Å². The molecule has 2 heterocycles. The van der Waals surface area contributed by atoms with Crippen LogP contribution in [0.2, 0.25) is 0 Å². The highest BCUT2D eigenvalue weighted by Crippen LogP contribution is 2.76. The van der Waals surface area contributed by atoms with Crippen LogP contribution in [0.25, 0.3) is 0 Å². The van der Waals surface area contributed by atoms with Gasteiger partial charge in [-0.05, 0) is 123 Å². The van der Waals surface area contributed by atoms with Crippen molar-refractivity contribution in [1.82, 2.24) is 5.32 Å². The topological polar surface area (TPSA) is 227 Å². The summed E-state index contributed by atoms with van der Waals surface area (Å²) in [6, 6.07) is 7.43. The Kier molecular flexibility index (Phi) is 17.5. The van der Waals surface area contributed by atoms with Crippen molar-refractivity contribution in [3.8, 4) is 0 Å². The van der Waals surface area contributed by atoms with Gasteiger partial charge < -0.3 is 53.3 Å². The number of carbonyl (C=O) groups excluding carboxylic acids is 7. The number of benzene rings is 1. The van der Waals surface area contributed by atoms with Gasteiger partial charge in [0.1, 0.15) is 31.0 Å². The number of ether oxygens (including phenoxy) is 9. The molecule has 418 valence electrons. The third-order valence-corrected chi connectivity index (χ3v) is 19.2. The molecule has 0 aromatic heterocycles. The molecule has 4 saturated carbocycles. The minimum atomic E-state index is -1.48. The molecule has 0 amide bonds. The molecular formula is C57H84N2O16. The molecule has 0 spiro atoms. The molecule has 18 nitrogen and oxygen atoms in total. The van der Waals surface area contributed by atoms with Gasteiger partial charge in [0.2, 0.25) is 0 Å². The lowest BCUT2D eigenvalue weighted by Crippen LogP contribution is -2.67. The average molecular weight is 1050 g/mol. The van der Waals surface area contributed by atoms with Gasteiger partial charge in [-0.2, -0.15) is 0 Å². The van der Waals surface area contributed by atoms with Crippen LogP contribution in [0.1, 0.15) is 159 Å². The van der Waals surface area contributed by atoms with E-state index in [9.17, 15) is 33.6 Å². The molecule has 18 heteroatoms. The summed E-state index contributed by atoms with van der Waals surface area (Å²) in [4.78, 5) is 90.2. The molecule has 5 fully saturated rings. The number of carbonyl (C=O) groups is 7. The van der Waals surface area contributed by atoms with Crippen LogP contribution in [0.5, 0.6) is 0 Å². The van der Waals surface area contributed by atoms with Crippen molar-refractivity contribution >= 4 is 47.5 Å². The fraction of sp³-hybridized carbons (Fsp3) is 0.772. The van der Waals surface area contributed by atoms with Gasteiger partial charge in [0.15, 0.2) is 24.6 Å². The van der Waals surface area contributed by atoms with E-state index in [4.69, 9.17) is 42.6 Å². The molecule has 6 aliphatic rings. The van der Waals surface area contributed by atoms with Crippen LogP contribution in [-0.2, 0) is 76.2 Å². The summed E-state index contributed by atoms with van der Waals surface area (Å²) in [5.74, 6) is -4.12. The monoisotopic (exact) mass is 1050 g/mol. The Morgan fingerprint density at radius 3 is 2.01 bits per heavy atom. The Morgan fingerprint density at radius 2 is 1.37 bits per heavy atom.